The zero-order chi connectivity index (χ0) is 16.9. The third-order valence-corrected chi connectivity index (χ3v) is 3.81. The number of esters is 1. The third kappa shape index (κ3) is 3.68. The van der Waals surface area contributed by atoms with Crippen LogP contribution in [0.5, 0.6) is 0 Å². The minimum absolute atomic E-state index is 0.247. The number of ether oxygens (including phenoxy) is 1. The molecule has 4 nitrogen and oxygen atoms in total. The van der Waals surface area contributed by atoms with E-state index < -0.39 is 5.97 Å². The number of benzene rings is 2. The van der Waals surface area contributed by atoms with Crippen LogP contribution in [0.2, 0.25) is 0 Å². The van der Waals surface area contributed by atoms with E-state index in [1.807, 2.05) is 24.3 Å². The molecule has 0 spiro atoms. The Hall–Kier alpha value is -2.95. The first-order chi connectivity index (χ1) is 11.6. The van der Waals surface area contributed by atoms with Crippen molar-refractivity contribution < 1.29 is 18.7 Å². The van der Waals surface area contributed by atoms with Gasteiger partial charge < -0.3 is 9.64 Å². The average Bonchev–Trinajstić information content (AvgIpc) is 3.03. The van der Waals surface area contributed by atoms with Crippen molar-refractivity contribution in [1.29, 1.82) is 0 Å². The van der Waals surface area contributed by atoms with Gasteiger partial charge in [0.2, 0.25) is 0 Å². The van der Waals surface area contributed by atoms with Crippen molar-refractivity contribution in [2.45, 2.75) is 6.42 Å². The van der Waals surface area contributed by atoms with Gasteiger partial charge in [-0.25, -0.2) is 9.18 Å². The molecular formula is C19H16FNO3. The summed E-state index contributed by atoms with van der Waals surface area (Å²) in [4.78, 5) is 25.5. The molecule has 0 saturated heterocycles. The Balaban J connectivity index is 1.53. The predicted molar refractivity (Wildman–Crippen MR) is 88.9 cm³/mol. The number of fused-ring (bicyclic) bond motifs is 1. The van der Waals surface area contributed by atoms with Crippen LogP contribution in [0.1, 0.15) is 11.1 Å². The second-order valence-electron chi connectivity index (χ2n) is 5.42. The maximum absolute atomic E-state index is 12.8. The summed E-state index contributed by atoms with van der Waals surface area (Å²) in [7, 11) is 0. The van der Waals surface area contributed by atoms with Crippen LogP contribution in [0, 0.1) is 5.82 Å². The molecule has 0 atom stereocenters. The molecule has 5 heteroatoms. The van der Waals surface area contributed by atoms with Gasteiger partial charge in [-0.05, 0) is 41.8 Å². The first kappa shape index (κ1) is 15.9. The summed E-state index contributed by atoms with van der Waals surface area (Å²) < 4.78 is 17.8. The molecule has 0 radical (unpaired) electrons. The largest absolute Gasteiger partial charge is 0.452 e. The Kier molecular flexibility index (Phi) is 4.70. The van der Waals surface area contributed by atoms with E-state index in [1.54, 1.807) is 17.0 Å². The third-order valence-electron chi connectivity index (χ3n) is 3.81. The molecule has 3 rings (SSSR count). The Bertz CT molecular complexity index is 783. The Labute approximate surface area is 139 Å². The molecule has 0 aliphatic carbocycles. The maximum atomic E-state index is 12.8. The highest BCUT2D eigenvalue weighted by Gasteiger charge is 2.24. The van der Waals surface area contributed by atoms with E-state index in [-0.39, 0.29) is 18.3 Å². The van der Waals surface area contributed by atoms with E-state index in [2.05, 4.69) is 0 Å². The van der Waals surface area contributed by atoms with E-state index in [0.29, 0.717) is 12.1 Å². The molecule has 1 aliphatic heterocycles. The Morgan fingerprint density at radius 3 is 2.67 bits per heavy atom. The fraction of sp³-hybridized carbons (Fsp3) is 0.158. The zero-order valence-electron chi connectivity index (χ0n) is 12.9. The van der Waals surface area contributed by atoms with Crippen LogP contribution in [0.3, 0.4) is 0 Å². The van der Waals surface area contributed by atoms with Crippen LogP contribution >= 0.6 is 0 Å². The van der Waals surface area contributed by atoms with Crippen molar-refractivity contribution in [3.05, 3.63) is 71.6 Å². The van der Waals surface area contributed by atoms with E-state index >= 15 is 0 Å². The van der Waals surface area contributed by atoms with Crippen molar-refractivity contribution in [1.82, 2.24) is 0 Å². The molecule has 1 aliphatic rings. The number of halogens is 1. The highest BCUT2D eigenvalue weighted by Crippen LogP contribution is 2.27. The van der Waals surface area contributed by atoms with Gasteiger partial charge in [0.15, 0.2) is 6.61 Å². The predicted octanol–water partition coefficient (Wildman–Crippen LogP) is 2.97. The number of carbonyl (C=O) groups excluding carboxylic acids is 2. The number of anilines is 1. The molecule has 2 aromatic carbocycles. The summed E-state index contributed by atoms with van der Waals surface area (Å²) in [5, 5.41) is 0. The summed E-state index contributed by atoms with van der Waals surface area (Å²) in [5.74, 6) is -1.20. The van der Waals surface area contributed by atoms with Crippen molar-refractivity contribution in [3.8, 4) is 0 Å². The van der Waals surface area contributed by atoms with Crippen LogP contribution in [-0.2, 0) is 20.7 Å². The summed E-state index contributed by atoms with van der Waals surface area (Å²) in [6.07, 6.45) is 3.54. The van der Waals surface area contributed by atoms with Crippen LogP contribution in [-0.4, -0.2) is 25.0 Å². The Morgan fingerprint density at radius 1 is 1.12 bits per heavy atom. The molecule has 0 fully saturated rings. The number of amides is 1. The van der Waals surface area contributed by atoms with Gasteiger partial charge in [0, 0.05) is 18.3 Å². The number of rotatable bonds is 4. The normalized spacial score (nSPS) is 13.1. The van der Waals surface area contributed by atoms with Gasteiger partial charge in [0.1, 0.15) is 5.82 Å². The van der Waals surface area contributed by atoms with Crippen molar-refractivity contribution in [2.75, 3.05) is 18.1 Å². The lowest BCUT2D eigenvalue weighted by atomic mass is 10.2. The molecule has 2 aromatic rings. The van der Waals surface area contributed by atoms with E-state index in [9.17, 15) is 14.0 Å². The van der Waals surface area contributed by atoms with Crippen LogP contribution in [0.4, 0.5) is 10.1 Å². The van der Waals surface area contributed by atoms with Gasteiger partial charge in [0.25, 0.3) is 5.91 Å². The van der Waals surface area contributed by atoms with E-state index in [1.165, 1.54) is 24.3 Å². The lowest BCUT2D eigenvalue weighted by Crippen LogP contribution is -2.33. The molecule has 0 saturated carbocycles. The van der Waals surface area contributed by atoms with Crippen LogP contribution < -0.4 is 4.90 Å². The second-order valence-corrected chi connectivity index (χ2v) is 5.42. The first-order valence-corrected chi connectivity index (χ1v) is 7.62. The molecule has 122 valence electrons. The quantitative estimate of drug-likeness (QED) is 0.641. The SMILES string of the molecule is O=C(/C=C/c1ccc(F)cc1)OCC(=O)N1CCc2ccccc21. The molecule has 0 N–H and O–H groups in total. The molecule has 1 heterocycles. The zero-order valence-corrected chi connectivity index (χ0v) is 12.9. The Morgan fingerprint density at radius 2 is 1.88 bits per heavy atom. The van der Waals surface area contributed by atoms with Gasteiger partial charge in [-0.1, -0.05) is 30.3 Å². The van der Waals surface area contributed by atoms with Crippen molar-refractivity contribution in [2.24, 2.45) is 0 Å². The van der Waals surface area contributed by atoms with Gasteiger partial charge in [-0.2, -0.15) is 0 Å². The van der Waals surface area contributed by atoms with Crippen molar-refractivity contribution >= 4 is 23.6 Å². The topological polar surface area (TPSA) is 46.6 Å². The lowest BCUT2D eigenvalue weighted by molar-refractivity contribution is -0.142. The minimum atomic E-state index is -0.611. The van der Waals surface area contributed by atoms with E-state index in [4.69, 9.17) is 4.74 Å². The smallest absolute Gasteiger partial charge is 0.331 e. The summed E-state index contributed by atoms with van der Waals surface area (Å²) in [5.41, 5.74) is 2.67. The standard InChI is InChI=1S/C19H16FNO3/c20-16-8-5-14(6-9-16)7-10-19(23)24-13-18(22)21-12-11-15-3-1-2-4-17(15)21/h1-10H,11-13H2/b10-7+. The highest BCUT2D eigenvalue weighted by atomic mass is 19.1. The number of hydrogen-bond donors (Lipinski definition) is 0. The average molecular weight is 325 g/mol. The summed E-state index contributed by atoms with van der Waals surface area (Å²) in [6, 6.07) is 13.4. The van der Waals surface area contributed by atoms with Crippen molar-refractivity contribution in [3.63, 3.8) is 0 Å². The molecule has 24 heavy (non-hydrogen) atoms. The fourth-order valence-corrected chi connectivity index (χ4v) is 2.59. The minimum Gasteiger partial charge on any atom is -0.452 e. The first-order valence-electron chi connectivity index (χ1n) is 7.62. The lowest BCUT2D eigenvalue weighted by Gasteiger charge is -2.16. The van der Waals surface area contributed by atoms with Gasteiger partial charge in [-0.3, -0.25) is 4.79 Å². The van der Waals surface area contributed by atoms with Gasteiger partial charge in [-0.15, -0.1) is 0 Å². The van der Waals surface area contributed by atoms with E-state index in [0.717, 1.165) is 17.7 Å². The number of hydrogen-bond acceptors (Lipinski definition) is 3. The molecule has 1 amide bonds. The van der Waals surface area contributed by atoms with Crippen LogP contribution in [0.15, 0.2) is 54.6 Å². The highest BCUT2D eigenvalue weighted by molar-refractivity contribution is 5.98. The maximum Gasteiger partial charge on any atom is 0.331 e. The monoisotopic (exact) mass is 325 g/mol. The number of para-hydroxylation sites is 1. The molecule has 0 aromatic heterocycles. The van der Waals surface area contributed by atoms with Gasteiger partial charge >= 0.3 is 5.97 Å². The molecule has 0 bridgehead atoms. The second kappa shape index (κ2) is 7.08. The summed E-state index contributed by atoms with van der Waals surface area (Å²) >= 11 is 0. The molecule has 0 unspecified atom stereocenters. The summed E-state index contributed by atoms with van der Waals surface area (Å²) in [6.45, 7) is 0.294. The number of nitrogens with zero attached hydrogens (tertiary/aromatic N) is 1. The molecular weight excluding hydrogens is 309 g/mol. The van der Waals surface area contributed by atoms with Gasteiger partial charge in [0.05, 0.1) is 0 Å². The number of carbonyl (C=O) groups is 2. The van der Waals surface area contributed by atoms with Crippen LogP contribution in [0.25, 0.3) is 6.08 Å². The fourth-order valence-electron chi connectivity index (χ4n) is 2.59.